The van der Waals surface area contributed by atoms with Crippen LogP contribution in [0.15, 0.2) is 35.7 Å². The minimum absolute atomic E-state index is 0.00556. The quantitative estimate of drug-likeness (QED) is 0.863. The summed E-state index contributed by atoms with van der Waals surface area (Å²) >= 11 is 0. The normalized spacial score (nSPS) is 15.9. The van der Waals surface area contributed by atoms with Gasteiger partial charge in [0.2, 0.25) is 5.91 Å². The molecule has 1 aliphatic rings. The van der Waals surface area contributed by atoms with Gasteiger partial charge in [-0.25, -0.2) is 4.79 Å². The van der Waals surface area contributed by atoms with Crippen LogP contribution in [0.2, 0.25) is 0 Å². The van der Waals surface area contributed by atoms with Crippen LogP contribution in [0.3, 0.4) is 0 Å². The maximum Gasteiger partial charge on any atom is 0.335 e. The number of aliphatic carboxylic acids is 1. The number of hydrogen-bond acceptors (Lipinski definition) is 3. The Morgan fingerprint density at radius 2 is 1.80 bits per heavy atom. The van der Waals surface area contributed by atoms with Crippen molar-refractivity contribution in [3.63, 3.8) is 0 Å². The number of carbonyl (C=O) groups is 2. The van der Waals surface area contributed by atoms with E-state index in [4.69, 9.17) is 10.8 Å². The third-order valence-corrected chi connectivity index (χ3v) is 3.38. The Labute approximate surface area is 117 Å². The molecule has 0 bridgehead atoms. The Kier molecular flexibility index (Phi) is 3.29. The third-order valence-electron chi connectivity index (χ3n) is 3.38. The topological polar surface area (TPSA) is 83.6 Å². The number of benzene rings is 1. The van der Waals surface area contributed by atoms with Crippen LogP contribution in [0.25, 0.3) is 0 Å². The van der Waals surface area contributed by atoms with Crippen molar-refractivity contribution < 1.29 is 14.7 Å². The number of nitrogens with two attached hydrogens (primary N) is 1. The summed E-state index contributed by atoms with van der Waals surface area (Å²) in [4.78, 5) is 24.2. The molecule has 0 spiro atoms. The Balaban J connectivity index is 2.37. The fourth-order valence-corrected chi connectivity index (χ4v) is 2.17. The predicted molar refractivity (Wildman–Crippen MR) is 76.1 cm³/mol. The first-order chi connectivity index (χ1) is 9.21. The molecule has 5 nitrogen and oxygen atoms in total. The molecular formula is C15H18N2O3. The van der Waals surface area contributed by atoms with Gasteiger partial charge in [-0.05, 0) is 23.1 Å². The monoisotopic (exact) mass is 274 g/mol. The van der Waals surface area contributed by atoms with Gasteiger partial charge in [-0.15, -0.1) is 0 Å². The van der Waals surface area contributed by atoms with E-state index in [1.165, 1.54) is 4.90 Å². The molecule has 1 aromatic rings. The number of carboxylic acids is 1. The van der Waals surface area contributed by atoms with E-state index in [9.17, 15) is 9.59 Å². The lowest BCUT2D eigenvalue weighted by atomic mass is 9.87. The first-order valence-corrected chi connectivity index (χ1v) is 6.37. The molecule has 5 heteroatoms. The van der Waals surface area contributed by atoms with Gasteiger partial charge in [-0.3, -0.25) is 9.69 Å². The van der Waals surface area contributed by atoms with Crippen molar-refractivity contribution >= 4 is 17.6 Å². The second-order valence-electron chi connectivity index (χ2n) is 5.87. The van der Waals surface area contributed by atoms with Crippen molar-refractivity contribution in [1.82, 2.24) is 0 Å². The fourth-order valence-electron chi connectivity index (χ4n) is 2.17. The van der Waals surface area contributed by atoms with Crippen molar-refractivity contribution in [2.24, 2.45) is 5.73 Å². The molecule has 0 aliphatic carbocycles. The molecule has 0 fully saturated rings. The molecule has 0 saturated heterocycles. The van der Waals surface area contributed by atoms with Crippen LogP contribution < -0.4 is 10.6 Å². The Hall–Kier alpha value is -2.30. The number of carboxylic acid groups (broad SMARTS) is 1. The molecule has 1 aliphatic heterocycles. The highest BCUT2D eigenvalue weighted by Crippen LogP contribution is 2.30. The maximum atomic E-state index is 11.9. The first kappa shape index (κ1) is 14.1. The number of anilines is 1. The SMILES string of the molecule is CC(C)(C)c1ccc(N2C(=O)CC(C(=O)O)=C2N)cc1. The first-order valence-electron chi connectivity index (χ1n) is 6.37. The van der Waals surface area contributed by atoms with Gasteiger partial charge in [0.15, 0.2) is 0 Å². The molecule has 1 heterocycles. The van der Waals surface area contributed by atoms with Crippen LogP contribution in [0.4, 0.5) is 5.69 Å². The molecule has 2 rings (SSSR count). The lowest BCUT2D eigenvalue weighted by Crippen LogP contribution is -2.28. The Morgan fingerprint density at radius 1 is 1.25 bits per heavy atom. The van der Waals surface area contributed by atoms with E-state index in [0.717, 1.165) is 5.56 Å². The molecule has 0 unspecified atom stereocenters. The van der Waals surface area contributed by atoms with Gasteiger partial charge in [0.25, 0.3) is 0 Å². The van der Waals surface area contributed by atoms with E-state index in [1.54, 1.807) is 12.1 Å². The zero-order valence-corrected chi connectivity index (χ0v) is 11.8. The number of carbonyl (C=O) groups excluding carboxylic acids is 1. The van der Waals surface area contributed by atoms with Gasteiger partial charge >= 0.3 is 5.97 Å². The number of nitrogens with zero attached hydrogens (tertiary/aromatic N) is 1. The van der Waals surface area contributed by atoms with Crippen LogP contribution in [-0.2, 0) is 15.0 Å². The van der Waals surface area contributed by atoms with E-state index in [2.05, 4.69) is 20.8 Å². The van der Waals surface area contributed by atoms with Crippen molar-refractivity contribution in [3.8, 4) is 0 Å². The van der Waals surface area contributed by atoms with Gasteiger partial charge in [-0.1, -0.05) is 32.9 Å². The third kappa shape index (κ3) is 2.39. The summed E-state index contributed by atoms with van der Waals surface area (Å²) < 4.78 is 0. The zero-order valence-electron chi connectivity index (χ0n) is 11.8. The summed E-state index contributed by atoms with van der Waals surface area (Å²) in [5.41, 5.74) is 7.47. The van der Waals surface area contributed by atoms with Gasteiger partial charge in [-0.2, -0.15) is 0 Å². The smallest absolute Gasteiger partial charge is 0.335 e. The van der Waals surface area contributed by atoms with E-state index in [-0.39, 0.29) is 29.1 Å². The molecule has 0 saturated carbocycles. The highest BCUT2D eigenvalue weighted by atomic mass is 16.4. The van der Waals surface area contributed by atoms with Crippen LogP contribution >= 0.6 is 0 Å². The van der Waals surface area contributed by atoms with Crippen LogP contribution in [0.5, 0.6) is 0 Å². The summed E-state index contributed by atoms with van der Waals surface area (Å²) in [5, 5.41) is 9.00. The summed E-state index contributed by atoms with van der Waals surface area (Å²) in [6.07, 6.45) is -0.164. The standard InChI is InChI=1S/C15H18N2O3/c1-15(2,3)9-4-6-10(7-5-9)17-12(18)8-11(13(17)16)14(19)20/h4-7H,8,16H2,1-3H3,(H,19,20). The van der Waals surface area contributed by atoms with Crippen molar-refractivity contribution in [2.45, 2.75) is 32.6 Å². The molecule has 0 atom stereocenters. The largest absolute Gasteiger partial charge is 0.478 e. The molecule has 0 radical (unpaired) electrons. The van der Waals surface area contributed by atoms with Crippen LogP contribution in [0.1, 0.15) is 32.8 Å². The molecule has 3 N–H and O–H groups in total. The molecular weight excluding hydrogens is 256 g/mol. The maximum absolute atomic E-state index is 11.9. The van der Waals surface area contributed by atoms with Crippen molar-refractivity contribution in [3.05, 3.63) is 41.2 Å². The minimum Gasteiger partial charge on any atom is -0.478 e. The average Bonchev–Trinajstić information content (AvgIpc) is 2.64. The van der Waals surface area contributed by atoms with Gasteiger partial charge in [0.05, 0.1) is 17.7 Å². The van der Waals surface area contributed by atoms with Crippen molar-refractivity contribution in [1.29, 1.82) is 0 Å². The van der Waals surface area contributed by atoms with Crippen LogP contribution in [0, 0.1) is 0 Å². The van der Waals surface area contributed by atoms with E-state index < -0.39 is 5.97 Å². The molecule has 1 amide bonds. The highest BCUT2D eigenvalue weighted by molar-refractivity contribution is 6.08. The summed E-state index contributed by atoms with van der Waals surface area (Å²) in [6, 6.07) is 7.43. The van der Waals surface area contributed by atoms with Gasteiger partial charge in [0, 0.05) is 0 Å². The molecule has 0 aromatic heterocycles. The van der Waals surface area contributed by atoms with Crippen molar-refractivity contribution in [2.75, 3.05) is 4.90 Å². The molecule has 106 valence electrons. The molecule has 20 heavy (non-hydrogen) atoms. The number of amides is 1. The second-order valence-corrected chi connectivity index (χ2v) is 5.87. The van der Waals surface area contributed by atoms with Crippen LogP contribution in [-0.4, -0.2) is 17.0 Å². The Bertz CT molecular complexity index is 595. The summed E-state index contributed by atoms with van der Waals surface area (Å²) in [5.74, 6) is -1.46. The van der Waals surface area contributed by atoms with E-state index in [0.29, 0.717) is 5.69 Å². The van der Waals surface area contributed by atoms with E-state index in [1.807, 2.05) is 12.1 Å². The highest BCUT2D eigenvalue weighted by Gasteiger charge is 2.33. The number of rotatable bonds is 2. The molecule has 1 aromatic carbocycles. The zero-order chi connectivity index (χ0) is 15.1. The van der Waals surface area contributed by atoms with Gasteiger partial charge in [0.1, 0.15) is 5.82 Å². The Morgan fingerprint density at radius 3 is 2.20 bits per heavy atom. The summed E-state index contributed by atoms with van der Waals surface area (Å²) in [7, 11) is 0. The second kappa shape index (κ2) is 4.67. The lowest BCUT2D eigenvalue weighted by molar-refractivity contribution is -0.133. The average molecular weight is 274 g/mol. The number of hydrogen-bond donors (Lipinski definition) is 2. The minimum atomic E-state index is -1.15. The predicted octanol–water partition coefficient (Wildman–Crippen LogP) is 1.98. The van der Waals surface area contributed by atoms with Gasteiger partial charge < -0.3 is 10.8 Å². The van der Waals surface area contributed by atoms with E-state index >= 15 is 0 Å². The summed E-state index contributed by atoms with van der Waals surface area (Å²) in [6.45, 7) is 6.29. The fraction of sp³-hybridized carbons (Fsp3) is 0.333. The lowest BCUT2D eigenvalue weighted by Gasteiger charge is -2.22.